The summed E-state index contributed by atoms with van der Waals surface area (Å²) < 4.78 is 17.6. The second-order valence-corrected chi connectivity index (χ2v) is 12.5. The van der Waals surface area contributed by atoms with Gasteiger partial charge in [0, 0.05) is 45.0 Å². The van der Waals surface area contributed by atoms with Crippen LogP contribution in [0.2, 0.25) is 0 Å². The van der Waals surface area contributed by atoms with E-state index in [9.17, 15) is 19.5 Å². The highest BCUT2D eigenvalue weighted by atomic mass is 16.6. The first-order valence-corrected chi connectivity index (χ1v) is 17.5. The van der Waals surface area contributed by atoms with Gasteiger partial charge in [0.15, 0.2) is 0 Å². The van der Waals surface area contributed by atoms with E-state index in [2.05, 4.69) is 24.5 Å². The van der Waals surface area contributed by atoms with Crippen LogP contribution in [0.4, 0.5) is 0 Å². The summed E-state index contributed by atoms with van der Waals surface area (Å²) in [6.07, 6.45) is 15.3. The minimum Gasteiger partial charge on any atom is -0.493 e. The summed E-state index contributed by atoms with van der Waals surface area (Å²) in [5, 5.41) is 15.3. The number of carbonyl (C=O) groups excluding carboxylic acids is 3. The van der Waals surface area contributed by atoms with E-state index in [1.54, 1.807) is 32.0 Å². The fraction of sp³-hybridized carbons (Fsp3) is 0.750. The Labute approximate surface area is 272 Å². The van der Waals surface area contributed by atoms with Gasteiger partial charge in [-0.3, -0.25) is 9.59 Å². The number of aliphatic hydroxyl groups excluding tert-OH is 1. The van der Waals surface area contributed by atoms with Crippen molar-refractivity contribution in [3.8, 4) is 11.5 Å². The fourth-order valence-corrected chi connectivity index (χ4v) is 4.73. The molecule has 0 saturated heterocycles. The van der Waals surface area contributed by atoms with Gasteiger partial charge in [0.1, 0.15) is 17.1 Å². The van der Waals surface area contributed by atoms with Gasteiger partial charge in [-0.05, 0) is 64.5 Å². The maximum atomic E-state index is 13.0. The minimum atomic E-state index is -0.803. The molecule has 0 spiro atoms. The molecule has 9 nitrogen and oxygen atoms in total. The van der Waals surface area contributed by atoms with Crippen LogP contribution in [0.1, 0.15) is 147 Å². The lowest BCUT2D eigenvalue weighted by Crippen LogP contribution is -2.29. The van der Waals surface area contributed by atoms with Crippen LogP contribution < -0.4 is 20.1 Å². The fourth-order valence-electron chi connectivity index (χ4n) is 4.73. The molecule has 0 heterocycles. The van der Waals surface area contributed by atoms with Crippen molar-refractivity contribution in [2.45, 2.75) is 142 Å². The number of carbonyl (C=O) groups is 3. The lowest BCUT2D eigenvalue weighted by atomic mass is 10.1. The molecule has 9 heteroatoms. The molecule has 0 unspecified atom stereocenters. The Morgan fingerprint density at radius 2 is 1.13 bits per heavy atom. The van der Waals surface area contributed by atoms with Gasteiger partial charge in [0.05, 0.1) is 18.8 Å². The lowest BCUT2D eigenvalue weighted by Gasteiger charge is -2.24. The molecule has 1 rings (SSSR count). The van der Waals surface area contributed by atoms with Gasteiger partial charge in [-0.2, -0.15) is 0 Å². The van der Waals surface area contributed by atoms with Gasteiger partial charge in [-0.25, -0.2) is 4.79 Å². The molecule has 0 fully saturated rings. The number of benzene rings is 1. The Hall–Kier alpha value is -2.81. The van der Waals surface area contributed by atoms with E-state index in [0.29, 0.717) is 49.5 Å². The second kappa shape index (κ2) is 25.4. The number of hydrogen-bond donors (Lipinski definition) is 3. The Kier molecular flexibility index (Phi) is 22.7. The Balaban J connectivity index is 2.51. The zero-order chi connectivity index (χ0) is 33.2. The summed E-state index contributed by atoms with van der Waals surface area (Å²) in [6, 6.07) is 5.13. The van der Waals surface area contributed by atoms with E-state index in [-0.39, 0.29) is 18.4 Å². The molecule has 0 atom stereocenters. The zero-order valence-electron chi connectivity index (χ0n) is 28.7. The van der Waals surface area contributed by atoms with Crippen LogP contribution in [-0.2, 0) is 14.3 Å². The summed E-state index contributed by atoms with van der Waals surface area (Å²) in [5.74, 6) is 0.832. The van der Waals surface area contributed by atoms with Crippen molar-refractivity contribution in [3.63, 3.8) is 0 Å². The lowest BCUT2D eigenvalue weighted by molar-refractivity contribution is -0.122. The molecule has 0 radical (unpaired) electrons. The topological polar surface area (TPSA) is 123 Å². The molecule has 0 aliphatic carbocycles. The van der Waals surface area contributed by atoms with Crippen molar-refractivity contribution in [3.05, 3.63) is 23.8 Å². The van der Waals surface area contributed by atoms with Crippen LogP contribution in [0.3, 0.4) is 0 Å². The summed E-state index contributed by atoms with van der Waals surface area (Å²) in [5.41, 5.74) is -0.467. The van der Waals surface area contributed by atoms with Gasteiger partial charge >= 0.3 is 5.97 Å². The van der Waals surface area contributed by atoms with Crippen LogP contribution in [0, 0.1) is 0 Å². The van der Waals surface area contributed by atoms with Crippen molar-refractivity contribution < 1.29 is 33.7 Å². The molecule has 258 valence electrons. The van der Waals surface area contributed by atoms with Gasteiger partial charge in [0.25, 0.3) is 0 Å². The molecule has 3 N–H and O–H groups in total. The van der Waals surface area contributed by atoms with Gasteiger partial charge < -0.3 is 30.0 Å². The SMILES string of the molecule is CCCCCNC(=O)CCCCCCOc1cc(OCCCCCCC(=O)NCCCCC)cc(C(=O)OC(C)(C)CCO)c1. The van der Waals surface area contributed by atoms with Gasteiger partial charge in [-0.15, -0.1) is 0 Å². The van der Waals surface area contributed by atoms with E-state index in [1.165, 1.54) is 0 Å². The number of amides is 2. The molecule has 2 amide bonds. The Morgan fingerprint density at radius 3 is 1.58 bits per heavy atom. The minimum absolute atomic E-state index is 0.0783. The van der Waals surface area contributed by atoms with Crippen molar-refractivity contribution in [1.29, 1.82) is 0 Å². The predicted octanol–water partition coefficient (Wildman–Crippen LogP) is 7.28. The molecule has 0 aliphatic heterocycles. The quantitative estimate of drug-likeness (QED) is 0.0654. The second-order valence-electron chi connectivity index (χ2n) is 12.5. The third-order valence-corrected chi connectivity index (χ3v) is 7.54. The molecule has 45 heavy (non-hydrogen) atoms. The van der Waals surface area contributed by atoms with Gasteiger partial charge in [0.2, 0.25) is 11.8 Å². The molecule has 0 aromatic heterocycles. The van der Waals surface area contributed by atoms with E-state index >= 15 is 0 Å². The van der Waals surface area contributed by atoms with Crippen LogP contribution in [0.25, 0.3) is 0 Å². The van der Waals surface area contributed by atoms with E-state index < -0.39 is 11.6 Å². The monoisotopic (exact) mass is 634 g/mol. The summed E-state index contributed by atoms with van der Waals surface area (Å²) >= 11 is 0. The number of esters is 1. The number of aliphatic hydroxyl groups is 1. The first-order chi connectivity index (χ1) is 21.7. The molecular weight excluding hydrogens is 572 g/mol. The van der Waals surface area contributed by atoms with E-state index in [1.807, 2.05) is 0 Å². The van der Waals surface area contributed by atoms with Crippen LogP contribution in [-0.4, -0.2) is 61.4 Å². The number of hydrogen-bond acceptors (Lipinski definition) is 7. The van der Waals surface area contributed by atoms with Crippen molar-refractivity contribution in [2.24, 2.45) is 0 Å². The summed E-state index contributed by atoms with van der Waals surface area (Å²) in [4.78, 5) is 36.8. The first kappa shape index (κ1) is 40.2. The van der Waals surface area contributed by atoms with E-state index in [4.69, 9.17) is 14.2 Å². The number of unbranched alkanes of at least 4 members (excludes halogenated alkanes) is 10. The van der Waals surface area contributed by atoms with E-state index in [0.717, 1.165) is 103 Å². The highest BCUT2D eigenvalue weighted by molar-refractivity contribution is 5.90. The average Bonchev–Trinajstić information content (AvgIpc) is 3.00. The maximum absolute atomic E-state index is 13.0. The first-order valence-electron chi connectivity index (χ1n) is 17.5. The summed E-state index contributed by atoms with van der Waals surface area (Å²) in [6.45, 7) is 10.3. The molecular formula is C36H62N2O7. The average molecular weight is 635 g/mol. The molecule has 1 aromatic rings. The molecule has 0 aliphatic rings. The highest BCUT2D eigenvalue weighted by Crippen LogP contribution is 2.26. The smallest absolute Gasteiger partial charge is 0.338 e. The third kappa shape index (κ3) is 21.5. The van der Waals surface area contributed by atoms with Crippen LogP contribution in [0.15, 0.2) is 18.2 Å². The third-order valence-electron chi connectivity index (χ3n) is 7.54. The highest BCUT2D eigenvalue weighted by Gasteiger charge is 2.24. The van der Waals surface area contributed by atoms with Crippen LogP contribution in [0.5, 0.6) is 11.5 Å². The number of rotatable bonds is 28. The number of ether oxygens (including phenoxy) is 3. The Morgan fingerprint density at radius 1 is 0.667 bits per heavy atom. The Bertz CT molecular complexity index is 895. The van der Waals surface area contributed by atoms with Gasteiger partial charge in [-0.1, -0.05) is 65.2 Å². The standard InChI is InChI=1S/C36H62N2O7/c1-5-7-15-22-37-33(40)19-13-9-11-17-25-43-31-27-30(35(42)45-36(3,4)21-24-39)28-32(29-31)44-26-18-12-10-14-20-34(41)38-23-16-8-6-2/h27-29,39H,5-26H2,1-4H3,(H,37,40)(H,38,41). The molecule has 0 saturated carbocycles. The summed E-state index contributed by atoms with van der Waals surface area (Å²) in [7, 11) is 0. The largest absolute Gasteiger partial charge is 0.493 e. The van der Waals surface area contributed by atoms with Crippen LogP contribution >= 0.6 is 0 Å². The number of nitrogens with one attached hydrogen (secondary N) is 2. The molecule has 1 aromatic carbocycles. The predicted molar refractivity (Wildman–Crippen MR) is 180 cm³/mol. The van der Waals surface area contributed by atoms with Crippen molar-refractivity contribution in [2.75, 3.05) is 32.9 Å². The molecule has 0 bridgehead atoms. The normalized spacial score (nSPS) is 11.2. The maximum Gasteiger partial charge on any atom is 0.338 e. The van der Waals surface area contributed by atoms with Crippen molar-refractivity contribution in [1.82, 2.24) is 10.6 Å². The van der Waals surface area contributed by atoms with Crippen molar-refractivity contribution >= 4 is 17.8 Å². The zero-order valence-corrected chi connectivity index (χ0v) is 28.7.